The number of ether oxygens (including phenoxy) is 2. The van der Waals surface area contributed by atoms with Crippen LogP contribution >= 0.6 is 0 Å². The minimum atomic E-state index is -0.226. The molecule has 0 heterocycles. The molecule has 0 saturated carbocycles. The Morgan fingerprint density at radius 3 is 1.39 bits per heavy atom. The van der Waals surface area contributed by atoms with Gasteiger partial charge in [0, 0.05) is 11.1 Å². The molecule has 0 fully saturated rings. The molecular weight excluding hydrogens is 288 g/mol. The maximum atomic E-state index is 6.06. The summed E-state index contributed by atoms with van der Waals surface area (Å²) in [6.07, 6.45) is 1.76. The van der Waals surface area contributed by atoms with Gasteiger partial charge in [-0.3, -0.25) is 0 Å². The largest absolute Gasteiger partial charge is 0.373 e. The van der Waals surface area contributed by atoms with Crippen molar-refractivity contribution in [2.24, 2.45) is 5.73 Å². The summed E-state index contributed by atoms with van der Waals surface area (Å²) in [5, 5.41) is 3.31. The topological polar surface area (TPSA) is 56.5 Å². The highest BCUT2D eigenvalue weighted by molar-refractivity contribution is 4.85. The summed E-state index contributed by atoms with van der Waals surface area (Å²) >= 11 is 0. The lowest BCUT2D eigenvalue weighted by molar-refractivity contribution is -0.0977. The molecule has 0 atom stereocenters. The molecule has 23 heavy (non-hydrogen) atoms. The molecule has 0 rings (SSSR count). The van der Waals surface area contributed by atoms with E-state index < -0.39 is 0 Å². The van der Waals surface area contributed by atoms with E-state index in [0.29, 0.717) is 13.2 Å². The summed E-state index contributed by atoms with van der Waals surface area (Å²) in [6, 6.07) is 0. The van der Waals surface area contributed by atoms with E-state index in [1.54, 1.807) is 0 Å². The third-order valence-corrected chi connectivity index (χ3v) is 3.49. The molecule has 0 aliphatic rings. The second-order valence-electron chi connectivity index (χ2n) is 8.69. The van der Waals surface area contributed by atoms with Gasteiger partial charge in [-0.15, -0.1) is 0 Å². The lowest BCUT2D eigenvalue weighted by atomic mass is 9.89. The van der Waals surface area contributed by atoms with Gasteiger partial charge in [-0.2, -0.15) is 0 Å². The molecule has 4 nitrogen and oxygen atoms in total. The van der Waals surface area contributed by atoms with Crippen LogP contribution in [0.2, 0.25) is 0 Å². The van der Waals surface area contributed by atoms with E-state index in [2.05, 4.69) is 46.9 Å². The van der Waals surface area contributed by atoms with Crippen LogP contribution in [0.25, 0.3) is 0 Å². The predicted octanol–water partition coefficient (Wildman–Crippen LogP) is 4.12. The van der Waals surface area contributed by atoms with Gasteiger partial charge in [0.15, 0.2) is 0 Å². The van der Waals surface area contributed by atoms with Crippen molar-refractivity contribution in [3.63, 3.8) is 0 Å². The van der Waals surface area contributed by atoms with Gasteiger partial charge >= 0.3 is 0 Å². The normalized spacial score (nSPS) is 13.6. The molecular formula is C19H44N2O2. The smallest absolute Gasteiger partial charge is 0.0708 e. The quantitative estimate of drug-likeness (QED) is 0.591. The molecule has 0 aromatic carbocycles. The second-order valence-corrected chi connectivity index (χ2v) is 8.69. The number of hydrogen-bond donors (Lipinski definition) is 2. The first-order valence-electron chi connectivity index (χ1n) is 8.94. The van der Waals surface area contributed by atoms with E-state index in [-0.39, 0.29) is 22.3 Å². The fourth-order valence-electron chi connectivity index (χ4n) is 2.99. The van der Waals surface area contributed by atoms with Gasteiger partial charge in [0.05, 0.1) is 24.4 Å². The van der Waals surface area contributed by atoms with Gasteiger partial charge in [0.1, 0.15) is 0 Å². The van der Waals surface area contributed by atoms with Gasteiger partial charge in [-0.1, -0.05) is 13.8 Å². The van der Waals surface area contributed by atoms with Crippen LogP contribution in [0.15, 0.2) is 0 Å². The number of nitrogens with one attached hydrogen (secondary N) is 1. The maximum Gasteiger partial charge on any atom is 0.0708 e. The van der Waals surface area contributed by atoms with Crippen molar-refractivity contribution in [2.45, 2.75) is 104 Å². The molecule has 0 aliphatic heterocycles. The summed E-state index contributed by atoms with van der Waals surface area (Å²) in [5.41, 5.74) is 5.50. The van der Waals surface area contributed by atoms with E-state index in [1.165, 1.54) is 0 Å². The van der Waals surface area contributed by atoms with Crippen LogP contribution in [0.3, 0.4) is 0 Å². The molecule has 0 aromatic heterocycles. The van der Waals surface area contributed by atoms with Crippen LogP contribution < -0.4 is 11.1 Å². The zero-order valence-electron chi connectivity index (χ0n) is 17.7. The summed E-state index contributed by atoms with van der Waals surface area (Å²) in [6.45, 7) is 22.0. The molecule has 4 heteroatoms. The SMILES string of the molecule is CC.CNC(C)(C)CC(C)(C)OCCOC(C)(C)CC(C)(C)N. The van der Waals surface area contributed by atoms with E-state index >= 15 is 0 Å². The van der Waals surface area contributed by atoms with Gasteiger partial charge < -0.3 is 20.5 Å². The molecule has 0 aliphatic carbocycles. The van der Waals surface area contributed by atoms with Gasteiger partial charge in [0.25, 0.3) is 0 Å². The molecule has 0 amide bonds. The zero-order chi connectivity index (χ0) is 18.9. The predicted molar refractivity (Wildman–Crippen MR) is 102 cm³/mol. The summed E-state index contributed by atoms with van der Waals surface area (Å²) < 4.78 is 11.9. The Morgan fingerprint density at radius 1 is 0.739 bits per heavy atom. The highest BCUT2D eigenvalue weighted by Crippen LogP contribution is 2.24. The molecule has 0 unspecified atom stereocenters. The Balaban J connectivity index is 0. The van der Waals surface area contributed by atoms with Crippen LogP contribution in [0.1, 0.15) is 82.1 Å². The minimum absolute atomic E-state index is 0.0627. The van der Waals surface area contributed by atoms with Gasteiger partial charge in [-0.05, 0) is 75.3 Å². The third kappa shape index (κ3) is 15.1. The maximum absolute atomic E-state index is 6.06. The van der Waals surface area contributed by atoms with Crippen LogP contribution in [0, 0.1) is 0 Å². The molecule has 0 radical (unpaired) electrons. The fourth-order valence-corrected chi connectivity index (χ4v) is 2.99. The van der Waals surface area contributed by atoms with E-state index in [0.717, 1.165) is 12.8 Å². The summed E-state index contributed by atoms with van der Waals surface area (Å²) in [5.74, 6) is 0. The standard InChI is InChI=1S/C17H38N2O2.C2H6/c1-14(2,18)12-16(5,6)20-10-11-21-17(7,8)13-15(3,4)19-9;1-2/h19H,10-13,18H2,1-9H3;1-2H3. The molecule has 0 bridgehead atoms. The van der Waals surface area contributed by atoms with Crippen molar-refractivity contribution in [1.82, 2.24) is 5.32 Å². The number of nitrogens with two attached hydrogens (primary N) is 1. The van der Waals surface area contributed by atoms with Crippen LogP contribution in [-0.4, -0.2) is 42.5 Å². The summed E-state index contributed by atoms with van der Waals surface area (Å²) in [7, 11) is 1.98. The van der Waals surface area contributed by atoms with Gasteiger partial charge in [0.2, 0.25) is 0 Å². The van der Waals surface area contributed by atoms with Crippen molar-refractivity contribution < 1.29 is 9.47 Å². The monoisotopic (exact) mass is 332 g/mol. The molecule has 142 valence electrons. The average Bonchev–Trinajstić information content (AvgIpc) is 2.33. The Labute approximate surface area is 145 Å². The first-order chi connectivity index (χ1) is 10.2. The highest BCUT2D eigenvalue weighted by Gasteiger charge is 2.29. The number of hydrogen-bond acceptors (Lipinski definition) is 4. The van der Waals surface area contributed by atoms with Crippen molar-refractivity contribution >= 4 is 0 Å². The lowest BCUT2D eigenvalue weighted by Crippen LogP contribution is -2.45. The summed E-state index contributed by atoms with van der Waals surface area (Å²) in [4.78, 5) is 0. The van der Waals surface area contributed by atoms with E-state index in [4.69, 9.17) is 15.2 Å². The van der Waals surface area contributed by atoms with Crippen molar-refractivity contribution in [1.29, 1.82) is 0 Å². The number of rotatable bonds is 10. The Bertz CT molecular complexity index is 305. The fraction of sp³-hybridized carbons (Fsp3) is 1.00. The Hall–Kier alpha value is -0.160. The van der Waals surface area contributed by atoms with Crippen LogP contribution in [0.4, 0.5) is 0 Å². The zero-order valence-corrected chi connectivity index (χ0v) is 17.7. The lowest BCUT2D eigenvalue weighted by Gasteiger charge is -2.36. The van der Waals surface area contributed by atoms with Crippen molar-refractivity contribution in [3.8, 4) is 0 Å². The van der Waals surface area contributed by atoms with Crippen molar-refractivity contribution in [3.05, 3.63) is 0 Å². The molecule has 3 N–H and O–H groups in total. The Kier molecular flexibility index (Phi) is 10.9. The highest BCUT2D eigenvalue weighted by atomic mass is 16.5. The first kappa shape index (κ1) is 25.1. The first-order valence-corrected chi connectivity index (χ1v) is 8.94. The second kappa shape index (κ2) is 9.97. The molecule has 0 spiro atoms. The van der Waals surface area contributed by atoms with Crippen molar-refractivity contribution in [2.75, 3.05) is 20.3 Å². The van der Waals surface area contributed by atoms with Crippen LogP contribution in [-0.2, 0) is 9.47 Å². The van der Waals surface area contributed by atoms with Gasteiger partial charge in [-0.25, -0.2) is 0 Å². The molecule has 0 aromatic rings. The van der Waals surface area contributed by atoms with Crippen LogP contribution in [0.5, 0.6) is 0 Å². The van der Waals surface area contributed by atoms with E-state index in [1.807, 2.05) is 34.7 Å². The average molecular weight is 333 g/mol. The molecule has 0 saturated heterocycles. The third-order valence-electron chi connectivity index (χ3n) is 3.49. The van der Waals surface area contributed by atoms with E-state index in [9.17, 15) is 0 Å². The Morgan fingerprint density at radius 2 is 1.09 bits per heavy atom. The minimum Gasteiger partial charge on any atom is -0.373 e.